The summed E-state index contributed by atoms with van der Waals surface area (Å²) in [6.45, 7) is 4.77. The van der Waals surface area contributed by atoms with Gasteiger partial charge in [-0.1, -0.05) is 31.6 Å². The molecular formula is C25H31NO2. The van der Waals surface area contributed by atoms with Gasteiger partial charge in [-0.05, 0) is 85.3 Å². The van der Waals surface area contributed by atoms with Gasteiger partial charge in [-0.2, -0.15) is 0 Å². The molecule has 0 bridgehead atoms. The number of hydrogen-bond acceptors (Lipinski definition) is 3. The van der Waals surface area contributed by atoms with Crippen molar-refractivity contribution < 1.29 is 9.90 Å². The van der Waals surface area contributed by atoms with Crippen molar-refractivity contribution in [1.29, 1.82) is 0 Å². The molecule has 1 N–H and O–H groups in total. The number of hydrogen-bond donors (Lipinski definition) is 1. The van der Waals surface area contributed by atoms with E-state index < -0.39 is 0 Å². The Morgan fingerprint density at radius 1 is 1.11 bits per heavy atom. The summed E-state index contributed by atoms with van der Waals surface area (Å²) >= 11 is 0. The predicted molar refractivity (Wildman–Crippen MR) is 110 cm³/mol. The zero-order chi connectivity index (χ0) is 19.5. The Morgan fingerprint density at radius 2 is 1.93 bits per heavy atom. The van der Waals surface area contributed by atoms with Gasteiger partial charge in [0.05, 0.1) is 11.8 Å². The molecule has 0 aliphatic heterocycles. The first-order chi connectivity index (χ1) is 13.4. The molecule has 3 nitrogen and oxygen atoms in total. The maximum absolute atomic E-state index is 13.1. The van der Waals surface area contributed by atoms with E-state index in [1.54, 1.807) is 6.20 Å². The van der Waals surface area contributed by atoms with E-state index in [4.69, 9.17) is 0 Å². The molecule has 1 aromatic heterocycles. The van der Waals surface area contributed by atoms with Crippen LogP contribution < -0.4 is 0 Å². The molecule has 3 saturated carbocycles. The zero-order valence-electron chi connectivity index (χ0n) is 17.0. The third-order valence-corrected chi connectivity index (χ3v) is 8.77. The van der Waals surface area contributed by atoms with Gasteiger partial charge in [0.25, 0.3) is 0 Å². The van der Waals surface area contributed by atoms with Gasteiger partial charge in [0.1, 0.15) is 0 Å². The SMILES string of the molecule is C[C@]12CCC(O)CC1=CC[C@@H]1[C@@H]2CC[C@]2(C)C(=Cc3ccccn3)C(=O)C[C@@H]12. The predicted octanol–water partition coefficient (Wildman–Crippen LogP) is 4.97. The number of carbonyl (C=O) groups excluding carboxylic acids is 1. The summed E-state index contributed by atoms with van der Waals surface area (Å²) in [5.74, 6) is 2.01. The van der Waals surface area contributed by atoms with E-state index in [1.807, 2.05) is 18.2 Å². The maximum Gasteiger partial charge on any atom is 0.159 e. The minimum absolute atomic E-state index is 0.0222. The summed E-state index contributed by atoms with van der Waals surface area (Å²) in [5.41, 5.74) is 3.60. The first-order valence-electron chi connectivity index (χ1n) is 11.0. The van der Waals surface area contributed by atoms with Gasteiger partial charge in [-0.25, -0.2) is 0 Å². The average molecular weight is 378 g/mol. The molecule has 6 atom stereocenters. The monoisotopic (exact) mass is 377 g/mol. The second-order valence-electron chi connectivity index (χ2n) is 10.1. The maximum atomic E-state index is 13.1. The highest BCUT2D eigenvalue weighted by atomic mass is 16.3. The topological polar surface area (TPSA) is 50.2 Å². The third kappa shape index (κ3) is 2.58. The Balaban J connectivity index is 1.50. The van der Waals surface area contributed by atoms with Gasteiger partial charge in [-0.3, -0.25) is 9.78 Å². The Morgan fingerprint density at radius 3 is 2.71 bits per heavy atom. The number of pyridine rings is 1. The van der Waals surface area contributed by atoms with Crippen molar-refractivity contribution in [2.75, 3.05) is 0 Å². The number of rotatable bonds is 1. The molecule has 4 aliphatic rings. The van der Waals surface area contributed by atoms with Crippen LogP contribution in [0, 0.1) is 28.6 Å². The molecule has 4 aliphatic carbocycles. The first-order valence-corrected chi connectivity index (χ1v) is 11.0. The van der Waals surface area contributed by atoms with Crippen LogP contribution in [-0.4, -0.2) is 22.0 Å². The highest BCUT2D eigenvalue weighted by molar-refractivity contribution is 6.03. The van der Waals surface area contributed by atoms with Crippen molar-refractivity contribution in [3.05, 3.63) is 47.3 Å². The Kier molecular flexibility index (Phi) is 4.17. The lowest BCUT2D eigenvalue weighted by Crippen LogP contribution is -2.49. The lowest BCUT2D eigenvalue weighted by atomic mass is 9.48. The van der Waals surface area contributed by atoms with Gasteiger partial charge in [0.15, 0.2) is 5.78 Å². The zero-order valence-corrected chi connectivity index (χ0v) is 17.0. The molecule has 28 heavy (non-hydrogen) atoms. The van der Waals surface area contributed by atoms with E-state index in [9.17, 15) is 9.90 Å². The Hall–Kier alpha value is -1.74. The van der Waals surface area contributed by atoms with E-state index in [0.717, 1.165) is 43.4 Å². The van der Waals surface area contributed by atoms with Gasteiger partial charge < -0.3 is 5.11 Å². The number of aliphatic hydroxyl groups is 1. The molecule has 0 amide bonds. The van der Waals surface area contributed by atoms with E-state index in [2.05, 4.69) is 31.0 Å². The number of nitrogens with zero attached hydrogens (tertiary/aromatic N) is 1. The summed E-state index contributed by atoms with van der Waals surface area (Å²) in [5, 5.41) is 10.2. The normalized spacial score (nSPS) is 43.9. The summed E-state index contributed by atoms with van der Waals surface area (Å²) in [6.07, 6.45) is 13.0. The number of carbonyl (C=O) groups is 1. The molecule has 1 aromatic rings. The average Bonchev–Trinajstić information content (AvgIpc) is 2.94. The van der Waals surface area contributed by atoms with E-state index in [-0.39, 0.29) is 16.9 Å². The van der Waals surface area contributed by atoms with Crippen molar-refractivity contribution in [2.45, 2.75) is 64.9 Å². The largest absolute Gasteiger partial charge is 0.393 e. The van der Waals surface area contributed by atoms with Crippen LogP contribution in [0.1, 0.15) is 64.5 Å². The van der Waals surface area contributed by atoms with Crippen molar-refractivity contribution in [3.8, 4) is 0 Å². The van der Waals surface area contributed by atoms with Crippen LogP contribution >= 0.6 is 0 Å². The summed E-state index contributed by atoms with van der Waals surface area (Å²) in [6, 6.07) is 5.90. The van der Waals surface area contributed by atoms with Crippen molar-refractivity contribution in [3.63, 3.8) is 0 Å². The molecule has 5 rings (SSSR count). The second kappa shape index (κ2) is 6.38. The number of ketones is 1. The molecule has 0 spiro atoms. The fourth-order valence-electron chi connectivity index (χ4n) is 7.16. The van der Waals surface area contributed by atoms with Crippen LogP contribution in [0.4, 0.5) is 0 Å². The summed E-state index contributed by atoms with van der Waals surface area (Å²) in [7, 11) is 0. The second-order valence-corrected chi connectivity index (χ2v) is 10.1. The van der Waals surface area contributed by atoms with Crippen molar-refractivity contribution >= 4 is 11.9 Å². The van der Waals surface area contributed by atoms with Crippen LogP contribution in [0.5, 0.6) is 0 Å². The van der Waals surface area contributed by atoms with Crippen molar-refractivity contribution in [2.24, 2.45) is 28.6 Å². The number of Topliss-reactive ketones (excluding diaryl/α,β-unsaturated/α-hetero) is 1. The third-order valence-electron chi connectivity index (χ3n) is 8.77. The molecule has 1 unspecified atom stereocenters. The lowest BCUT2D eigenvalue weighted by molar-refractivity contribution is -0.115. The summed E-state index contributed by atoms with van der Waals surface area (Å²) < 4.78 is 0. The van der Waals surface area contributed by atoms with E-state index in [0.29, 0.717) is 30.0 Å². The van der Waals surface area contributed by atoms with Gasteiger partial charge in [0.2, 0.25) is 0 Å². The molecule has 0 saturated heterocycles. The fourth-order valence-corrected chi connectivity index (χ4v) is 7.16. The van der Waals surface area contributed by atoms with E-state index in [1.165, 1.54) is 12.0 Å². The van der Waals surface area contributed by atoms with Crippen LogP contribution in [0.2, 0.25) is 0 Å². The molecule has 1 heterocycles. The molecule has 0 radical (unpaired) electrons. The number of aromatic nitrogens is 1. The van der Waals surface area contributed by atoms with E-state index >= 15 is 0 Å². The van der Waals surface area contributed by atoms with Crippen LogP contribution in [-0.2, 0) is 4.79 Å². The van der Waals surface area contributed by atoms with Crippen LogP contribution in [0.25, 0.3) is 6.08 Å². The standard InChI is InChI=1S/C25H31NO2/c1-24-10-8-18(27)13-16(24)6-7-19-20(24)9-11-25(2)21(19)15-23(28)22(25)14-17-5-3-4-12-26-17/h3-6,12,14,18-21,27H,7-11,13,15H2,1-2H3/t18?,19-,20+,21+,24+,25+/m1/s1. The molecule has 148 valence electrons. The van der Waals surface area contributed by atoms with Crippen LogP contribution in [0.3, 0.4) is 0 Å². The Labute approximate surface area is 168 Å². The minimum atomic E-state index is -0.161. The summed E-state index contributed by atoms with van der Waals surface area (Å²) in [4.78, 5) is 17.5. The van der Waals surface area contributed by atoms with Gasteiger partial charge in [-0.15, -0.1) is 0 Å². The minimum Gasteiger partial charge on any atom is -0.393 e. The number of allylic oxidation sites excluding steroid dienone is 2. The van der Waals surface area contributed by atoms with Gasteiger partial charge >= 0.3 is 0 Å². The van der Waals surface area contributed by atoms with Gasteiger partial charge in [0, 0.05) is 18.2 Å². The lowest BCUT2D eigenvalue weighted by Gasteiger charge is -2.57. The first kappa shape index (κ1) is 18.3. The number of aliphatic hydroxyl groups excluding tert-OH is 1. The highest BCUT2D eigenvalue weighted by Crippen LogP contribution is 2.65. The number of fused-ring (bicyclic) bond motifs is 5. The fraction of sp³-hybridized carbons (Fsp3) is 0.600. The Bertz CT molecular complexity index is 857. The molecule has 3 fully saturated rings. The highest BCUT2D eigenvalue weighted by Gasteiger charge is 2.59. The van der Waals surface area contributed by atoms with Crippen LogP contribution in [0.15, 0.2) is 41.6 Å². The van der Waals surface area contributed by atoms with Crippen molar-refractivity contribution in [1.82, 2.24) is 4.98 Å². The molecular weight excluding hydrogens is 346 g/mol. The molecule has 3 heteroatoms. The smallest absolute Gasteiger partial charge is 0.159 e. The molecule has 0 aromatic carbocycles. The quantitative estimate of drug-likeness (QED) is 0.555.